The molecule has 0 aliphatic carbocycles. The summed E-state index contributed by atoms with van der Waals surface area (Å²) < 4.78 is 10.3. The Balaban J connectivity index is 2.45. The van der Waals surface area contributed by atoms with E-state index in [0.717, 1.165) is 25.2 Å². The van der Waals surface area contributed by atoms with E-state index in [-0.39, 0.29) is 6.04 Å². The monoisotopic (exact) mass is 217 g/mol. The first-order chi connectivity index (χ1) is 6.77. The summed E-state index contributed by atoms with van der Waals surface area (Å²) in [5.41, 5.74) is 0. The molecule has 0 saturated carbocycles. The van der Waals surface area contributed by atoms with Crippen LogP contribution in [0.15, 0.2) is 16.5 Å². The first-order valence-electron chi connectivity index (χ1n) is 4.69. The zero-order chi connectivity index (χ0) is 10.4. The Morgan fingerprint density at radius 2 is 2.36 bits per heavy atom. The fraction of sp³-hybridized carbons (Fsp3) is 0.600. The lowest BCUT2D eigenvalue weighted by Crippen LogP contribution is -2.16. The third-order valence-corrected chi connectivity index (χ3v) is 2.33. The summed E-state index contributed by atoms with van der Waals surface area (Å²) >= 11 is 5.70. The predicted molar refractivity (Wildman–Crippen MR) is 56.6 cm³/mol. The molecule has 0 amide bonds. The van der Waals surface area contributed by atoms with Gasteiger partial charge in [-0.25, -0.2) is 0 Å². The zero-order valence-electron chi connectivity index (χ0n) is 8.55. The highest BCUT2D eigenvalue weighted by atomic mass is 35.5. The molecule has 1 aromatic heterocycles. The van der Waals surface area contributed by atoms with Crippen LogP contribution in [0.3, 0.4) is 0 Å². The van der Waals surface area contributed by atoms with Crippen molar-refractivity contribution in [3.63, 3.8) is 0 Å². The maximum Gasteiger partial charge on any atom is 0.193 e. The van der Waals surface area contributed by atoms with Crippen molar-refractivity contribution in [2.24, 2.45) is 0 Å². The van der Waals surface area contributed by atoms with Gasteiger partial charge in [-0.3, -0.25) is 0 Å². The number of methoxy groups -OCH3 is 1. The molecule has 1 heterocycles. The Kier molecular flexibility index (Phi) is 5.01. The summed E-state index contributed by atoms with van der Waals surface area (Å²) in [6.07, 6.45) is 1.98. The van der Waals surface area contributed by atoms with E-state index in [2.05, 4.69) is 5.32 Å². The average molecular weight is 218 g/mol. The number of ether oxygens (including phenoxy) is 1. The molecule has 14 heavy (non-hydrogen) atoms. The molecule has 0 saturated heterocycles. The van der Waals surface area contributed by atoms with Gasteiger partial charge in [-0.2, -0.15) is 0 Å². The minimum absolute atomic E-state index is 0.220. The quantitative estimate of drug-likeness (QED) is 0.744. The summed E-state index contributed by atoms with van der Waals surface area (Å²) in [6.45, 7) is 0.770. The molecule has 0 aliphatic rings. The van der Waals surface area contributed by atoms with E-state index in [1.54, 1.807) is 13.2 Å². The van der Waals surface area contributed by atoms with Gasteiger partial charge in [0.25, 0.3) is 0 Å². The molecular weight excluding hydrogens is 202 g/mol. The standard InChI is InChI=1S/C10H16ClNO2/c1-12-8(4-3-7-13-2)9-5-6-10(11)14-9/h5-6,8,12H,3-4,7H2,1-2H3. The maximum absolute atomic E-state index is 5.70. The Labute approximate surface area is 89.4 Å². The summed E-state index contributed by atoms with van der Waals surface area (Å²) in [6, 6.07) is 3.88. The molecule has 4 heteroatoms. The van der Waals surface area contributed by atoms with Crippen LogP contribution in [0.4, 0.5) is 0 Å². The fourth-order valence-corrected chi connectivity index (χ4v) is 1.53. The lowest BCUT2D eigenvalue weighted by molar-refractivity contribution is 0.187. The Morgan fingerprint density at radius 1 is 1.57 bits per heavy atom. The normalized spacial score (nSPS) is 13.1. The van der Waals surface area contributed by atoms with E-state index in [1.807, 2.05) is 13.1 Å². The van der Waals surface area contributed by atoms with Crippen molar-refractivity contribution in [2.45, 2.75) is 18.9 Å². The first-order valence-corrected chi connectivity index (χ1v) is 5.07. The highest BCUT2D eigenvalue weighted by Gasteiger charge is 2.12. The van der Waals surface area contributed by atoms with E-state index in [9.17, 15) is 0 Å². The highest BCUT2D eigenvalue weighted by molar-refractivity contribution is 6.28. The summed E-state index contributed by atoms with van der Waals surface area (Å²) in [5.74, 6) is 0.883. The number of hydrogen-bond donors (Lipinski definition) is 1. The minimum atomic E-state index is 0.220. The van der Waals surface area contributed by atoms with Gasteiger partial charge in [-0.1, -0.05) is 0 Å². The van der Waals surface area contributed by atoms with Gasteiger partial charge in [0.05, 0.1) is 6.04 Å². The van der Waals surface area contributed by atoms with Gasteiger partial charge in [0.15, 0.2) is 5.22 Å². The molecule has 0 aliphatic heterocycles. The largest absolute Gasteiger partial charge is 0.448 e. The SMILES string of the molecule is CNC(CCCOC)c1ccc(Cl)o1. The third kappa shape index (κ3) is 3.33. The Hall–Kier alpha value is -0.510. The lowest BCUT2D eigenvalue weighted by Gasteiger charge is -2.12. The maximum atomic E-state index is 5.70. The Morgan fingerprint density at radius 3 is 2.86 bits per heavy atom. The van der Waals surface area contributed by atoms with Gasteiger partial charge >= 0.3 is 0 Å². The molecule has 1 unspecified atom stereocenters. The van der Waals surface area contributed by atoms with E-state index < -0.39 is 0 Å². The van der Waals surface area contributed by atoms with Gasteiger partial charge in [0.1, 0.15) is 5.76 Å². The molecule has 0 spiro atoms. The second-order valence-electron chi connectivity index (χ2n) is 3.12. The number of halogens is 1. The van der Waals surface area contributed by atoms with Crippen LogP contribution in [0.25, 0.3) is 0 Å². The van der Waals surface area contributed by atoms with Gasteiger partial charge in [0.2, 0.25) is 0 Å². The number of rotatable bonds is 6. The second kappa shape index (κ2) is 6.06. The van der Waals surface area contributed by atoms with E-state index in [1.165, 1.54) is 0 Å². The molecule has 0 bridgehead atoms. The van der Waals surface area contributed by atoms with Crippen molar-refractivity contribution in [2.75, 3.05) is 20.8 Å². The molecule has 1 atom stereocenters. The van der Waals surface area contributed by atoms with Crippen LogP contribution in [0.2, 0.25) is 5.22 Å². The molecular formula is C10H16ClNO2. The zero-order valence-corrected chi connectivity index (χ0v) is 9.30. The van der Waals surface area contributed by atoms with Crippen molar-refractivity contribution in [1.82, 2.24) is 5.32 Å². The lowest BCUT2D eigenvalue weighted by atomic mass is 10.1. The van der Waals surface area contributed by atoms with Crippen molar-refractivity contribution in [1.29, 1.82) is 0 Å². The average Bonchev–Trinajstić information content (AvgIpc) is 2.60. The van der Waals surface area contributed by atoms with E-state index >= 15 is 0 Å². The molecule has 3 nitrogen and oxygen atoms in total. The summed E-state index contributed by atoms with van der Waals surface area (Å²) in [4.78, 5) is 0. The molecule has 1 N–H and O–H groups in total. The fourth-order valence-electron chi connectivity index (χ4n) is 1.38. The molecule has 0 aromatic carbocycles. The van der Waals surface area contributed by atoms with Gasteiger partial charge in [-0.15, -0.1) is 0 Å². The molecule has 80 valence electrons. The third-order valence-electron chi connectivity index (χ3n) is 2.13. The minimum Gasteiger partial charge on any atom is -0.448 e. The second-order valence-corrected chi connectivity index (χ2v) is 3.49. The number of nitrogens with one attached hydrogen (secondary N) is 1. The number of furan rings is 1. The van der Waals surface area contributed by atoms with Crippen LogP contribution in [0, 0.1) is 0 Å². The Bertz CT molecular complexity index is 262. The van der Waals surface area contributed by atoms with E-state index in [0.29, 0.717) is 5.22 Å². The van der Waals surface area contributed by atoms with Crippen molar-refractivity contribution >= 4 is 11.6 Å². The van der Waals surface area contributed by atoms with Gasteiger partial charge in [-0.05, 0) is 43.6 Å². The van der Waals surface area contributed by atoms with Gasteiger partial charge < -0.3 is 14.5 Å². The smallest absolute Gasteiger partial charge is 0.193 e. The first kappa shape index (κ1) is 11.6. The highest BCUT2D eigenvalue weighted by Crippen LogP contribution is 2.22. The molecule has 0 fully saturated rings. The van der Waals surface area contributed by atoms with Crippen molar-refractivity contribution in [3.05, 3.63) is 23.1 Å². The van der Waals surface area contributed by atoms with Crippen LogP contribution in [0.5, 0.6) is 0 Å². The summed E-state index contributed by atoms with van der Waals surface area (Å²) in [5, 5.41) is 3.62. The van der Waals surface area contributed by atoms with Crippen LogP contribution in [0.1, 0.15) is 24.6 Å². The topological polar surface area (TPSA) is 34.4 Å². The number of hydrogen-bond acceptors (Lipinski definition) is 3. The van der Waals surface area contributed by atoms with Gasteiger partial charge in [0, 0.05) is 13.7 Å². The molecule has 1 rings (SSSR count). The van der Waals surface area contributed by atoms with Crippen LogP contribution in [-0.2, 0) is 4.74 Å². The summed E-state index contributed by atoms with van der Waals surface area (Å²) in [7, 11) is 3.62. The van der Waals surface area contributed by atoms with Crippen LogP contribution >= 0.6 is 11.6 Å². The predicted octanol–water partition coefficient (Wildman–Crippen LogP) is 2.62. The van der Waals surface area contributed by atoms with Crippen LogP contribution < -0.4 is 5.32 Å². The van der Waals surface area contributed by atoms with Crippen molar-refractivity contribution in [3.8, 4) is 0 Å². The molecule has 0 radical (unpaired) electrons. The van der Waals surface area contributed by atoms with Crippen LogP contribution in [-0.4, -0.2) is 20.8 Å². The van der Waals surface area contributed by atoms with E-state index in [4.69, 9.17) is 20.8 Å². The molecule has 1 aromatic rings. The van der Waals surface area contributed by atoms with Crippen molar-refractivity contribution < 1.29 is 9.15 Å².